The van der Waals surface area contributed by atoms with Crippen LogP contribution in [0.15, 0.2) is 0 Å². The number of rotatable bonds is 0. The highest BCUT2D eigenvalue weighted by molar-refractivity contribution is 5.04. The third kappa shape index (κ3) is 0.982. The second kappa shape index (κ2) is 2.65. The molecule has 4 N–H and O–H groups in total. The van der Waals surface area contributed by atoms with E-state index in [0.717, 1.165) is 0 Å². The molecule has 2 fully saturated rings. The van der Waals surface area contributed by atoms with Crippen LogP contribution in [-0.4, -0.2) is 68.9 Å². The highest BCUT2D eigenvalue weighted by Gasteiger charge is 2.50. The van der Waals surface area contributed by atoms with E-state index in [1.54, 1.807) is 4.90 Å². The van der Waals surface area contributed by atoms with Gasteiger partial charge in [0.2, 0.25) is 0 Å². The van der Waals surface area contributed by atoms with Crippen LogP contribution in [0.4, 0.5) is 0 Å². The van der Waals surface area contributed by atoms with Gasteiger partial charge in [0.05, 0.1) is 18.2 Å². The van der Waals surface area contributed by atoms with Crippen molar-refractivity contribution in [3.05, 3.63) is 0 Å². The molecule has 2 rings (SSSR count). The summed E-state index contributed by atoms with van der Waals surface area (Å²) in [5.41, 5.74) is 0. The van der Waals surface area contributed by atoms with Crippen LogP contribution in [0.1, 0.15) is 0 Å². The Hall–Kier alpha value is -0.200. The van der Waals surface area contributed by atoms with Crippen molar-refractivity contribution in [1.82, 2.24) is 4.90 Å². The Morgan fingerprint density at radius 3 is 2.00 bits per heavy atom. The molecular formula is C7H13NO4. The van der Waals surface area contributed by atoms with Crippen molar-refractivity contribution in [2.45, 2.75) is 30.5 Å². The first kappa shape index (κ1) is 8.40. The number of hydrogen-bond acceptors (Lipinski definition) is 5. The molecule has 0 aromatic carbocycles. The molecule has 5 nitrogen and oxygen atoms in total. The zero-order chi connectivity index (χ0) is 8.88. The van der Waals surface area contributed by atoms with E-state index in [1.165, 1.54) is 0 Å². The molecule has 2 aliphatic rings. The third-order valence-corrected chi connectivity index (χ3v) is 2.75. The SMILES string of the molecule is O[C@@H]1[C@H](O)[C@H]2[C@@H](O)CN2C[C@H]1O. The summed E-state index contributed by atoms with van der Waals surface area (Å²) in [6.07, 6.45) is -3.62. The molecule has 0 amide bonds. The maximum absolute atomic E-state index is 9.40. The van der Waals surface area contributed by atoms with Gasteiger partial charge in [-0.05, 0) is 0 Å². The zero-order valence-corrected chi connectivity index (χ0v) is 6.54. The van der Waals surface area contributed by atoms with E-state index in [0.29, 0.717) is 13.1 Å². The summed E-state index contributed by atoms with van der Waals surface area (Å²) in [6.45, 7) is 0.811. The van der Waals surface area contributed by atoms with Crippen molar-refractivity contribution in [3.63, 3.8) is 0 Å². The lowest BCUT2D eigenvalue weighted by atomic mass is 9.84. The molecule has 0 saturated carbocycles. The predicted molar refractivity (Wildman–Crippen MR) is 39.4 cm³/mol. The third-order valence-electron chi connectivity index (χ3n) is 2.75. The fourth-order valence-electron chi connectivity index (χ4n) is 1.99. The number of piperidine rings is 1. The fourth-order valence-corrected chi connectivity index (χ4v) is 1.99. The van der Waals surface area contributed by atoms with E-state index in [2.05, 4.69) is 0 Å². The molecule has 0 aromatic heterocycles. The van der Waals surface area contributed by atoms with Crippen molar-refractivity contribution >= 4 is 0 Å². The van der Waals surface area contributed by atoms with Crippen LogP contribution in [-0.2, 0) is 0 Å². The average molecular weight is 175 g/mol. The molecule has 12 heavy (non-hydrogen) atoms. The maximum atomic E-state index is 9.40. The monoisotopic (exact) mass is 175 g/mol. The van der Waals surface area contributed by atoms with Crippen molar-refractivity contribution in [2.24, 2.45) is 0 Å². The Kier molecular flexibility index (Phi) is 1.85. The van der Waals surface area contributed by atoms with Gasteiger partial charge in [-0.2, -0.15) is 0 Å². The smallest absolute Gasteiger partial charge is 0.109 e. The quantitative estimate of drug-likeness (QED) is 0.318. The van der Waals surface area contributed by atoms with Gasteiger partial charge in [-0.3, -0.25) is 4.90 Å². The Labute approximate surface area is 69.9 Å². The summed E-state index contributed by atoms with van der Waals surface area (Å²) in [5, 5.41) is 37.1. The summed E-state index contributed by atoms with van der Waals surface area (Å²) in [6, 6.07) is -0.386. The normalized spacial score (nSPS) is 54.5. The minimum atomic E-state index is -1.12. The van der Waals surface area contributed by atoms with Gasteiger partial charge in [0.15, 0.2) is 0 Å². The van der Waals surface area contributed by atoms with E-state index in [-0.39, 0.29) is 6.04 Å². The molecule has 2 heterocycles. The molecule has 70 valence electrons. The molecule has 0 aromatic rings. The molecule has 0 unspecified atom stereocenters. The summed E-state index contributed by atoms with van der Waals surface area (Å²) in [5.74, 6) is 0. The average Bonchev–Trinajstić information content (AvgIpc) is 1.99. The lowest BCUT2D eigenvalue weighted by molar-refractivity contribution is -0.205. The van der Waals surface area contributed by atoms with Crippen molar-refractivity contribution < 1.29 is 20.4 Å². The predicted octanol–water partition coefficient (Wildman–Crippen LogP) is -2.87. The first-order chi connectivity index (χ1) is 5.61. The van der Waals surface area contributed by atoms with Crippen LogP contribution in [0, 0.1) is 0 Å². The van der Waals surface area contributed by atoms with Crippen molar-refractivity contribution in [1.29, 1.82) is 0 Å². The van der Waals surface area contributed by atoms with E-state index >= 15 is 0 Å². The summed E-state index contributed by atoms with van der Waals surface area (Å²) < 4.78 is 0. The van der Waals surface area contributed by atoms with E-state index in [4.69, 9.17) is 0 Å². The van der Waals surface area contributed by atoms with Crippen LogP contribution < -0.4 is 0 Å². The fraction of sp³-hybridized carbons (Fsp3) is 1.00. The first-order valence-corrected chi connectivity index (χ1v) is 4.07. The minimum absolute atomic E-state index is 0.333. The van der Waals surface area contributed by atoms with Gasteiger partial charge in [0, 0.05) is 13.1 Å². The summed E-state index contributed by atoms with van der Waals surface area (Å²) >= 11 is 0. The Balaban J connectivity index is 2.08. The molecule has 5 heteroatoms. The zero-order valence-electron chi connectivity index (χ0n) is 6.54. The van der Waals surface area contributed by atoms with Gasteiger partial charge in [-0.25, -0.2) is 0 Å². The number of aliphatic hydroxyl groups excluding tert-OH is 4. The molecule has 0 aliphatic carbocycles. The van der Waals surface area contributed by atoms with Gasteiger partial charge in [0.1, 0.15) is 12.2 Å². The minimum Gasteiger partial charge on any atom is -0.390 e. The molecular weight excluding hydrogens is 162 g/mol. The van der Waals surface area contributed by atoms with Crippen LogP contribution in [0.5, 0.6) is 0 Å². The van der Waals surface area contributed by atoms with E-state index in [9.17, 15) is 20.4 Å². The van der Waals surface area contributed by atoms with Crippen LogP contribution >= 0.6 is 0 Å². The lowest BCUT2D eigenvalue weighted by Crippen LogP contribution is -2.73. The molecule has 0 spiro atoms. The van der Waals surface area contributed by atoms with Crippen LogP contribution in [0.25, 0.3) is 0 Å². The molecule has 2 saturated heterocycles. The maximum Gasteiger partial charge on any atom is 0.109 e. The standard InChI is InChI=1S/C7H13NO4/c9-3-1-8-2-4(10)6(11)7(12)5(3)8/h3-7,9-12H,1-2H2/t3-,4+,5+,6-,7+/m0/s1. The Morgan fingerprint density at radius 2 is 1.42 bits per heavy atom. The second-order valence-corrected chi connectivity index (χ2v) is 3.56. The highest BCUT2D eigenvalue weighted by Crippen LogP contribution is 2.28. The summed E-state index contributed by atoms with van der Waals surface area (Å²) in [4.78, 5) is 1.77. The van der Waals surface area contributed by atoms with Crippen LogP contribution in [0.2, 0.25) is 0 Å². The second-order valence-electron chi connectivity index (χ2n) is 3.56. The first-order valence-electron chi connectivity index (χ1n) is 4.07. The van der Waals surface area contributed by atoms with Gasteiger partial charge in [0.25, 0.3) is 0 Å². The lowest BCUT2D eigenvalue weighted by Gasteiger charge is -2.53. The topological polar surface area (TPSA) is 84.2 Å². The molecule has 2 aliphatic heterocycles. The van der Waals surface area contributed by atoms with Crippen LogP contribution in [0.3, 0.4) is 0 Å². The van der Waals surface area contributed by atoms with Gasteiger partial charge < -0.3 is 20.4 Å². The Bertz CT molecular complexity index is 188. The van der Waals surface area contributed by atoms with E-state index < -0.39 is 24.4 Å². The van der Waals surface area contributed by atoms with E-state index in [1.807, 2.05) is 0 Å². The largest absolute Gasteiger partial charge is 0.390 e. The number of nitrogens with zero attached hydrogens (tertiary/aromatic N) is 1. The van der Waals surface area contributed by atoms with Gasteiger partial charge >= 0.3 is 0 Å². The summed E-state index contributed by atoms with van der Waals surface area (Å²) in [7, 11) is 0. The number of fused-ring (bicyclic) bond motifs is 1. The molecule has 5 atom stereocenters. The number of aliphatic hydroxyl groups is 4. The molecule has 0 bridgehead atoms. The molecule has 0 radical (unpaired) electrons. The van der Waals surface area contributed by atoms with Gasteiger partial charge in [-0.15, -0.1) is 0 Å². The van der Waals surface area contributed by atoms with Gasteiger partial charge in [-0.1, -0.05) is 0 Å². The Morgan fingerprint density at radius 1 is 0.833 bits per heavy atom. The van der Waals surface area contributed by atoms with Crippen molar-refractivity contribution in [3.8, 4) is 0 Å². The highest BCUT2D eigenvalue weighted by atomic mass is 16.4. The number of hydrogen-bond donors (Lipinski definition) is 4. The van der Waals surface area contributed by atoms with Crippen molar-refractivity contribution in [2.75, 3.05) is 13.1 Å².